The Balaban J connectivity index is 1.85. The van der Waals surface area contributed by atoms with Gasteiger partial charge in [-0.25, -0.2) is 4.39 Å². The van der Waals surface area contributed by atoms with Crippen molar-refractivity contribution in [2.45, 2.75) is 19.9 Å². The Labute approximate surface area is 151 Å². The maximum atomic E-state index is 13.5. The first kappa shape index (κ1) is 18.9. The summed E-state index contributed by atoms with van der Waals surface area (Å²) in [5, 5.41) is 3.31. The first-order chi connectivity index (χ1) is 12.0. The molecule has 0 aliphatic heterocycles. The number of hydrogen-bond acceptors (Lipinski definition) is 2. The summed E-state index contributed by atoms with van der Waals surface area (Å²) < 4.78 is 13.5. The molecule has 0 aromatic heterocycles. The van der Waals surface area contributed by atoms with Crippen LogP contribution >= 0.6 is 11.6 Å². The van der Waals surface area contributed by atoms with Gasteiger partial charge < -0.3 is 10.2 Å². The second kappa shape index (κ2) is 9.18. The normalized spacial score (nSPS) is 10.4. The van der Waals surface area contributed by atoms with Crippen molar-refractivity contribution in [3.05, 3.63) is 70.5 Å². The van der Waals surface area contributed by atoms with Crippen molar-refractivity contribution in [2.24, 2.45) is 0 Å². The highest BCUT2D eigenvalue weighted by Crippen LogP contribution is 2.17. The summed E-state index contributed by atoms with van der Waals surface area (Å²) in [4.78, 5) is 25.3. The first-order valence-corrected chi connectivity index (χ1v) is 8.34. The minimum absolute atomic E-state index is 0.0305. The quantitative estimate of drug-likeness (QED) is 0.822. The molecular formula is C19H20ClFN2O2. The fourth-order valence-corrected chi connectivity index (χ4v) is 2.58. The molecule has 0 spiro atoms. The van der Waals surface area contributed by atoms with E-state index in [-0.39, 0.29) is 24.8 Å². The smallest absolute Gasteiger partial charge is 0.224 e. The van der Waals surface area contributed by atoms with Crippen LogP contribution < -0.4 is 5.32 Å². The van der Waals surface area contributed by atoms with Gasteiger partial charge >= 0.3 is 0 Å². The van der Waals surface area contributed by atoms with Crippen molar-refractivity contribution in [1.29, 1.82) is 0 Å². The van der Waals surface area contributed by atoms with Crippen molar-refractivity contribution < 1.29 is 14.0 Å². The molecule has 6 heteroatoms. The lowest BCUT2D eigenvalue weighted by atomic mass is 10.1. The largest absolute Gasteiger partial charge is 0.354 e. The van der Waals surface area contributed by atoms with E-state index in [0.29, 0.717) is 23.7 Å². The molecule has 0 saturated heterocycles. The van der Waals surface area contributed by atoms with Crippen molar-refractivity contribution in [3.63, 3.8) is 0 Å². The monoisotopic (exact) mass is 362 g/mol. The van der Waals surface area contributed by atoms with Gasteiger partial charge in [0.15, 0.2) is 0 Å². The van der Waals surface area contributed by atoms with Crippen LogP contribution in [0.15, 0.2) is 48.5 Å². The van der Waals surface area contributed by atoms with Crippen LogP contribution in [0.4, 0.5) is 4.39 Å². The third-order valence-electron chi connectivity index (χ3n) is 3.78. The van der Waals surface area contributed by atoms with Gasteiger partial charge in [0.25, 0.3) is 0 Å². The maximum Gasteiger partial charge on any atom is 0.224 e. The van der Waals surface area contributed by atoms with E-state index < -0.39 is 5.82 Å². The summed E-state index contributed by atoms with van der Waals surface area (Å²) >= 11 is 6.12. The number of rotatable bonds is 7. The van der Waals surface area contributed by atoms with Gasteiger partial charge in [-0.15, -0.1) is 0 Å². The number of amides is 2. The summed E-state index contributed by atoms with van der Waals surface area (Å²) in [5.74, 6) is -0.795. The van der Waals surface area contributed by atoms with Crippen LogP contribution in [-0.2, 0) is 22.6 Å². The van der Waals surface area contributed by atoms with Gasteiger partial charge in [0, 0.05) is 31.6 Å². The molecule has 0 unspecified atom stereocenters. The lowest BCUT2D eigenvalue weighted by molar-refractivity contribution is -0.130. The minimum atomic E-state index is -0.401. The van der Waals surface area contributed by atoms with Crippen LogP contribution in [0.3, 0.4) is 0 Å². The maximum absolute atomic E-state index is 13.5. The molecule has 2 aromatic rings. The van der Waals surface area contributed by atoms with E-state index >= 15 is 0 Å². The van der Waals surface area contributed by atoms with E-state index in [1.54, 1.807) is 29.2 Å². The Bertz CT molecular complexity index is 752. The number of hydrogen-bond donors (Lipinski definition) is 1. The second-order valence-electron chi connectivity index (χ2n) is 5.65. The zero-order chi connectivity index (χ0) is 18.2. The second-order valence-corrected chi connectivity index (χ2v) is 6.06. The Kier molecular flexibility index (Phi) is 6.95. The molecule has 0 bridgehead atoms. The van der Waals surface area contributed by atoms with Gasteiger partial charge in [-0.1, -0.05) is 48.0 Å². The molecule has 25 heavy (non-hydrogen) atoms. The first-order valence-electron chi connectivity index (χ1n) is 7.96. The molecule has 0 fully saturated rings. The predicted octanol–water partition coefficient (Wildman–Crippen LogP) is 3.19. The van der Waals surface area contributed by atoms with Crippen LogP contribution in [0.2, 0.25) is 5.02 Å². The van der Waals surface area contributed by atoms with E-state index in [2.05, 4.69) is 5.32 Å². The fraction of sp³-hybridized carbons (Fsp3) is 0.263. The SMILES string of the molecule is CC(=O)N(CCNC(=O)Cc1ccccc1F)Cc1ccccc1Cl. The molecule has 2 amide bonds. The number of benzene rings is 2. The minimum Gasteiger partial charge on any atom is -0.354 e. The molecular weight excluding hydrogens is 343 g/mol. The standard InChI is InChI=1S/C19H20ClFN2O2/c1-14(24)23(13-16-7-2-4-8-17(16)20)11-10-22-19(25)12-15-6-3-5-9-18(15)21/h2-9H,10-13H2,1H3,(H,22,25). The zero-order valence-electron chi connectivity index (χ0n) is 14.0. The van der Waals surface area contributed by atoms with Gasteiger partial charge in [0.05, 0.1) is 6.42 Å². The van der Waals surface area contributed by atoms with Gasteiger partial charge in [-0.3, -0.25) is 9.59 Å². The van der Waals surface area contributed by atoms with E-state index in [1.807, 2.05) is 18.2 Å². The fourth-order valence-electron chi connectivity index (χ4n) is 2.39. The van der Waals surface area contributed by atoms with Crippen LogP contribution in [0.1, 0.15) is 18.1 Å². The topological polar surface area (TPSA) is 49.4 Å². The average molecular weight is 363 g/mol. The Morgan fingerprint density at radius 1 is 1.08 bits per heavy atom. The number of halogens is 2. The molecule has 0 heterocycles. The van der Waals surface area contributed by atoms with Crippen molar-refractivity contribution in [2.75, 3.05) is 13.1 Å². The van der Waals surface area contributed by atoms with E-state index in [4.69, 9.17) is 11.6 Å². The highest BCUT2D eigenvalue weighted by atomic mass is 35.5. The Morgan fingerprint density at radius 2 is 1.72 bits per heavy atom. The van der Waals surface area contributed by atoms with Gasteiger partial charge in [-0.2, -0.15) is 0 Å². The molecule has 2 rings (SSSR count). The van der Waals surface area contributed by atoms with Crippen molar-refractivity contribution in [1.82, 2.24) is 10.2 Å². The van der Waals surface area contributed by atoms with Gasteiger partial charge in [0.1, 0.15) is 5.82 Å². The zero-order valence-corrected chi connectivity index (χ0v) is 14.7. The van der Waals surface area contributed by atoms with E-state index in [0.717, 1.165) is 5.56 Å². The highest BCUT2D eigenvalue weighted by Gasteiger charge is 2.12. The lowest BCUT2D eigenvalue weighted by Crippen LogP contribution is -2.37. The lowest BCUT2D eigenvalue weighted by Gasteiger charge is -2.22. The molecule has 132 valence electrons. The summed E-state index contributed by atoms with van der Waals surface area (Å²) in [6, 6.07) is 13.5. The number of carbonyl (C=O) groups excluding carboxylic acids is 2. The Hall–Kier alpha value is -2.40. The summed E-state index contributed by atoms with van der Waals surface area (Å²) in [6.07, 6.45) is -0.0305. The van der Waals surface area contributed by atoms with Crippen LogP contribution in [-0.4, -0.2) is 29.8 Å². The number of nitrogens with one attached hydrogen (secondary N) is 1. The van der Waals surface area contributed by atoms with Crippen molar-refractivity contribution >= 4 is 23.4 Å². The molecule has 1 N–H and O–H groups in total. The van der Waals surface area contributed by atoms with Gasteiger partial charge in [0.2, 0.25) is 11.8 Å². The third-order valence-corrected chi connectivity index (χ3v) is 4.15. The Morgan fingerprint density at radius 3 is 2.36 bits per heavy atom. The summed E-state index contributed by atoms with van der Waals surface area (Å²) in [7, 11) is 0. The molecule has 0 atom stereocenters. The summed E-state index contributed by atoms with van der Waals surface area (Å²) in [6.45, 7) is 2.48. The molecule has 0 aliphatic carbocycles. The number of nitrogens with zero attached hydrogens (tertiary/aromatic N) is 1. The van der Waals surface area contributed by atoms with E-state index in [9.17, 15) is 14.0 Å². The molecule has 0 radical (unpaired) electrons. The van der Waals surface area contributed by atoms with Crippen LogP contribution in [0.5, 0.6) is 0 Å². The third kappa shape index (κ3) is 5.87. The van der Waals surface area contributed by atoms with Gasteiger partial charge in [-0.05, 0) is 23.3 Å². The average Bonchev–Trinajstić information content (AvgIpc) is 2.57. The van der Waals surface area contributed by atoms with E-state index in [1.165, 1.54) is 13.0 Å². The predicted molar refractivity (Wildman–Crippen MR) is 95.7 cm³/mol. The summed E-state index contributed by atoms with van der Waals surface area (Å²) in [5.41, 5.74) is 1.19. The highest BCUT2D eigenvalue weighted by molar-refractivity contribution is 6.31. The van der Waals surface area contributed by atoms with Crippen LogP contribution in [0.25, 0.3) is 0 Å². The molecule has 0 aliphatic rings. The van der Waals surface area contributed by atoms with Crippen LogP contribution in [0, 0.1) is 5.82 Å². The molecule has 2 aromatic carbocycles. The molecule has 4 nitrogen and oxygen atoms in total. The molecule has 0 saturated carbocycles. The number of carbonyl (C=O) groups is 2. The van der Waals surface area contributed by atoms with Crippen molar-refractivity contribution in [3.8, 4) is 0 Å².